The first-order valence-electron chi connectivity index (χ1n) is 4.53. The van der Waals surface area contributed by atoms with Crippen LogP contribution >= 0.6 is 0 Å². The third-order valence-corrected chi connectivity index (χ3v) is 2.58. The second kappa shape index (κ2) is 2.78. The third-order valence-electron chi connectivity index (χ3n) is 2.58. The molecule has 0 heteroatoms. The standard InChI is InChI=1S/C12H14/c1-3-10-8-12(10)11-6-4-9(2)5-7-11/h3-7,12H,8H2,1-2H3/b10-3-. The van der Waals surface area contributed by atoms with Gasteiger partial charge < -0.3 is 0 Å². The van der Waals surface area contributed by atoms with E-state index in [1.807, 2.05) is 0 Å². The summed E-state index contributed by atoms with van der Waals surface area (Å²) in [6, 6.07) is 8.88. The Balaban J connectivity index is 2.21. The molecule has 0 nitrogen and oxygen atoms in total. The second-order valence-electron chi connectivity index (χ2n) is 3.53. The molecule has 1 atom stereocenters. The number of rotatable bonds is 1. The summed E-state index contributed by atoms with van der Waals surface area (Å²) in [5.41, 5.74) is 4.42. The molecule has 1 unspecified atom stereocenters. The summed E-state index contributed by atoms with van der Waals surface area (Å²) in [6.45, 7) is 4.26. The zero-order valence-electron chi connectivity index (χ0n) is 7.67. The maximum Gasteiger partial charge on any atom is 0.00857 e. The van der Waals surface area contributed by atoms with Crippen LogP contribution in [0.4, 0.5) is 0 Å². The molecule has 12 heavy (non-hydrogen) atoms. The Morgan fingerprint density at radius 2 is 1.92 bits per heavy atom. The van der Waals surface area contributed by atoms with Crippen molar-refractivity contribution in [2.75, 3.05) is 0 Å². The van der Waals surface area contributed by atoms with Crippen molar-refractivity contribution in [2.24, 2.45) is 0 Å². The van der Waals surface area contributed by atoms with Crippen LogP contribution < -0.4 is 0 Å². The van der Waals surface area contributed by atoms with Crippen molar-refractivity contribution < 1.29 is 0 Å². The minimum Gasteiger partial charge on any atom is -0.0878 e. The van der Waals surface area contributed by atoms with Crippen molar-refractivity contribution in [1.82, 2.24) is 0 Å². The van der Waals surface area contributed by atoms with E-state index in [9.17, 15) is 0 Å². The molecule has 1 aromatic carbocycles. The van der Waals surface area contributed by atoms with Gasteiger partial charge in [-0.25, -0.2) is 0 Å². The van der Waals surface area contributed by atoms with E-state index >= 15 is 0 Å². The monoisotopic (exact) mass is 158 g/mol. The van der Waals surface area contributed by atoms with Crippen LogP contribution in [0.15, 0.2) is 35.9 Å². The van der Waals surface area contributed by atoms with Crippen LogP contribution in [0.1, 0.15) is 30.4 Å². The highest BCUT2D eigenvalue weighted by Crippen LogP contribution is 2.46. The number of benzene rings is 1. The van der Waals surface area contributed by atoms with E-state index in [1.54, 1.807) is 5.57 Å². The van der Waals surface area contributed by atoms with Gasteiger partial charge in [-0.3, -0.25) is 0 Å². The summed E-state index contributed by atoms with van der Waals surface area (Å²) in [4.78, 5) is 0. The van der Waals surface area contributed by atoms with E-state index < -0.39 is 0 Å². The van der Waals surface area contributed by atoms with Gasteiger partial charge >= 0.3 is 0 Å². The molecule has 0 bridgehead atoms. The molecule has 0 aromatic heterocycles. The maximum absolute atomic E-state index is 2.25. The average molecular weight is 158 g/mol. The molecular weight excluding hydrogens is 144 g/mol. The number of aryl methyl sites for hydroxylation is 1. The quantitative estimate of drug-likeness (QED) is 0.549. The molecular formula is C12H14. The topological polar surface area (TPSA) is 0 Å². The van der Waals surface area contributed by atoms with E-state index in [0.717, 1.165) is 5.92 Å². The second-order valence-corrected chi connectivity index (χ2v) is 3.53. The zero-order chi connectivity index (χ0) is 8.55. The Bertz CT molecular complexity index is 303. The fourth-order valence-electron chi connectivity index (χ4n) is 1.63. The predicted molar refractivity (Wildman–Crippen MR) is 52.3 cm³/mol. The molecule has 0 aliphatic heterocycles. The van der Waals surface area contributed by atoms with E-state index in [4.69, 9.17) is 0 Å². The van der Waals surface area contributed by atoms with Gasteiger partial charge in [-0.1, -0.05) is 41.5 Å². The van der Waals surface area contributed by atoms with Crippen LogP contribution in [-0.4, -0.2) is 0 Å². The first kappa shape index (κ1) is 7.60. The molecule has 0 spiro atoms. The summed E-state index contributed by atoms with van der Waals surface area (Å²) in [5.74, 6) is 0.746. The highest BCUT2D eigenvalue weighted by atomic mass is 14.3. The van der Waals surface area contributed by atoms with Crippen molar-refractivity contribution in [1.29, 1.82) is 0 Å². The number of hydrogen-bond donors (Lipinski definition) is 0. The van der Waals surface area contributed by atoms with Crippen LogP contribution in [0.2, 0.25) is 0 Å². The smallest absolute Gasteiger partial charge is 0.00857 e. The molecule has 0 amide bonds. The van der Waals surface area contributed by atoms with Crippen molar-refractivity contribution >= 4 is 0 Å². The van der Waals surface area contributed by atoms with Gasteiger partial charge in [0.25, 0.3) is 0 Å². The van der Waals surface area contributed by atoms with Crippen LogP contribution in [-0.2, 0) is 0 Å². The summed E-state index contributed by atoms with van der Waals surface area (Å²) in [7, 11) is 0. The van der Waals surface area contributed by atoms with Crippen LogP contribution in [0.5, 0.6) is 0 Å². The molecule has 0 heterocycles. The number of hydrogen-bond acceptors (Lipinski definition) is 0. The van der Waals surface area contributed by atoms with E-state index in [-0.39, 0.29) is 0 Å². The van der Waals surface area contributed by atoms with Crippen molar-refractivity contribution in [3.05, 3.63) is 47.0 Å². The van der Waals surface area contributed by atoms with Crippen molar-refractivity contribution in [2.45, 2.75) is 26.2 Å². The lowest BCUT2D eigenvalue weighted by atomic mass is 10.1. The molecule has 1 aromatic rings. The summed E-state index contributed by atoms with van der Waals surface area (Å²) >= 11 is 0. The Labute approximate surface area is 73.9 Å². The van der Waals surface area contributed by atoms with E-state index in [0.29, 0.717) is 0 Å². The fraction of sp³-hybridized carbons (Fsp3) is 0.333. The first-order valence-corrected chi connectivity index (χ1v) is 4.53. The van der Waals surface area contributed by atoms with Crippen LogP contribution in [0.25, 0.3) is 0 Å². The van der Waals surface area contributed by atoms with Crippen molar-refractivity contribution in [3.8, 4) is 0 Å². The van der Waals surface area contributed by atoms with Crippen LogP contribution in [0.3, 0.4) is 0 Å². The normalized spacial score (nSPS) is 24.5. The van der Waals surface area contributed by atoms with Gasteiger partial charge in [0.1, 0.15) is 0 Å². The average Bonchev–Trinajstić information content (AvgIpc) is 2.85. The molecule has 0 saturated heterocycles. The van der Waals surface area contributed by atoms with Crippen LogP contribution in [0, 0.1) is 6.92 Å². The lowest BCUT2D eigenvalue weighted by Gasteiger charge is -1.96. The van der Waals surface area contributed by atoms with Gasteiger partial charge in [0.15, 0.2) is 0 Å². The number of allylic oxidation sites excluding steroid dienone is 2. The first-order chi connectivity index (χ1) is 5.81. The van der Waals surface area contributed by atoms with Gasteiger partial charge in [0.2, 0.25) is 0 Å². The Hall–Kier alpha value is -1.04. The molecule has 0 N–H and O–H groups in total. The van der Waals surface area contributed by atoms with Gasteiger partial charge in [0, 0.05) is 5.92 Å². The Morgan fingerprint density at radius 3 is 2.42 bits per heavy atom. The molecule has 1 fully saturated rings. The van der Waals surface area contributed by atoms with E-state index in [1.165, 1.54) is 17.5 Å². The third kappa shape index (κ3) is 1.29. The van der Waals surface area contributed by atoms with Crippen molar-refractivity contribution in [3.63, 3.8) is 0 Å². The summed E-state index contributed by atoms with van der Waals surface area (Å²) in [6.07, 6.45) is 3.52. The fourth-order valence-corrected chi connectivity index (χ4v) is 1.63. The molecule has 1 aliphatic rings. The van der Waals surface area contributed by atoms with Gasteiger partial charge in [0.05, 0.1) is 0 Å². The lowest BCUT2D eigenvalue weighted by Crippen LogP contribution is -1.78. The molecule has 62 valence electrons. The highest BCUT2D eigenvalue weighted by Gasteiger charge is 2.29. The van der Waals surface area contributed by atoms with E-state index in [2.05, 4.69) is 44.2 Å². The molecule has 2 rings (SSSR count). The molecule has 1 saturated carbocycles. The summed E-state index contributed by atoms with van der Waals surface area (Å²) < 4.78 is 0. The van der Waals surface area contributed by atoms with Gasteiger partial charge in [-0.05, 0) is 25.8 Å². The van der Waals surface area contributed by atoms with Gasteiger partial charge in [-0.2, -0.15) is 0 Å². The Morgan fingerprint density at radius 1 is 1.25 bits per heavy atom. The highest BCUT2D eigenvalue weighted by molar-refractivity contribution is 5.41. The maximum atomic E-state index is 2.25. The largest absolute Gasteiger partial charge is 0.0878 e. The molecule has 1 aliphatic carbocycles. The van der Waals surface area contributed by atoms with Gasteiger partial charge in [-0.15, -0.1) is 0 Å². The lowest BCUT2D eigenvalue weighted by molar-refractivity contribution is 1.15. The Kier molecular flexibility index (Phi) is 1.76. The summed E-state index contributed by atoms with van der Waals surface area (Å²) in [5, 5.41) is 0. The predicted octanol–water partition coefficient (Wildman–Crippen LogP) is 3.43. The SMILES string of the molecule is C/C=C1/CC1c1ccc(C)cc1. The zero-order valence-corrected chi connectivity index (χ0v) is 7.67. The molecule has 0 radical (unpaired) electrons. The minimum atomic E-state index is 0.746. The minimum absolute atomic E-state index is 0.746.